The maximum absolute atomic E-state index is 6.49. The number of rotatable bonds is 5. The van der Waals surface area contributed by atoms with E-state index < -0.39 is 0 Å². The zero-order valence-electron chi connectivity index (χ0n) is 19.2. The molecule has 1 aromatic rings. The summed E-state index contributed by atoms with van der Waals surface area (Å²) in [6.45, 7) is 3.36. The third kappa shape index (κ3) is 2.63. The molecular weight excluding hydrogens is 380 g/mol. The van der Waals surface area contributed by atoms with Gasteiger partial charge in [-0.05, 0) is 135 Å². The van der Waals surface area contributed by atoms with E-state index in [0.29, 0.717) is 16.7 Å². The predicted octanol–water partition coefficient (Wildman–Crippen LogP) is 7.49. The van der Waals surface area contributed by atoms with Gasteiger partial charge in [-0.1, -0.05) is 13.0 Å². The minimum absolute atomic E-state index is 0.431. The summed E-state index contributed by atoms with van der Waals surface area (Å²) < 4.78 is 12.6. The summed E-state index contributed by atoms with van der Waals surface area (Å²) >= 11 is 0. The first kappa shape index (κ1) is 18.3. The van der Waals surface area contributed by atoms with Crippen molar-refractivity contribution in [1.29, 1.82) is 0 Å². The molecule has 1 unspecified atom stereocenters. The standard InChI is InChI=1S/C29H38O2/c1-17(28-10-18-4-19(11-28)6-20(5-18)12-28)16-30-25-3-2-24(26-27(25)31-26)29-13-21-7-22(14-29)9-23(8-21)15-29/h2-3,17-23H,4-16H2,1H3. The van der Waals surface area contributed by atoms with Gasteiger partial charge in [-0.15, -0.1) is 0 Å². The second-order valence-electron chi connectivity index (χ2n) is 13.6. The molecule has 8 aliphatic carbocycles. The summed E-state index contributed by atoms with van der Waals surface area (Å²) in [6, 6.07) is 4.68. The Kier molecular flexibility index (Phi) is 3.55. The van der Waals surface area contributed by atoms with Gasteiger partial charge in [0.25, 0.3) is 0 Å². The molecule has 0 spiro atoms. The predicted molar refractivity (Wildman–Crippen MR) is 122 cm³/mol. The third-order valence-electron chi connectivity index (χ3n) is 11.5. The Hall–Kier alpha value is -1.18. The van der Waals surface area contributed by atoms with Crippen molar-refractivity contribution in [2.24, 2.45) is 46.8 Å². The minimum atomic E-state index is 0.431. The van der Waals surface area contributed by atoms with E-state index in [1.807, 2.05) is 0 Å². The molecule has 9 aliphatic rings. The van der Waals surface area contributed by atoms with Gasteiger partial charge in [0.1, 0.15) is 0 Å². The van der Waals surface area contributed by atoms with Gasteiger partial charge in [0, 0.05) is 5.56 Å². The van der Waals surface area contributed by atoms with Crippen molar-refractivity contribution in [3.05, 3.63) is 17.7 Å². The summed E-state index contributed by atoms with van der Waals surface area (Å²) in [5, 5.41) is 0. The first-order chi connectivity index (χ1) is 15.1. The lowest BCUT2D eigenvalue weighted by Gasteiger charge is -2.59. The smallest absolute Gasteiger partial charge is 0.212 e. The molecular formula is C29H38O2. The molecule has 0 saturated heterocycles. The van der Waals surface area contributed by atoms with Crippen LogP contribution in [0.1, 0.15) is 89.5 Å². The molecule has 8 fully saturated rings. The third-order valence-corrected chi connectivity index (χ3v) is 11.5. The summed E-state index contributed by atoms with van der Waals surface area (Å²) in [7, 11) is 0. The van der Waals surface area contributed by atoms with Crippen LogP contribution in [-0.2, 0) is 5.41 Å². The van der Waals surface area contributed by atoms with Gasteiger partial charge in [0.05, 0.1) is 6.61 Å². The van der Waals surface area contributed by atoms with E-state index in [1.165, 1.54) is 82.8 Å². The summed E-state index contributed by atoms with van der Waals surface area (Å²) in [5.41, 5.74) is 2.55. The van der Waals surface area contributed by atoms with Crippen LogP contribution in [0.3, 0.4) is 0 Å². The van der Waals surface area contributed by atoms with Crippen molar-refractivity contribution in [3.8, 4) is 17.2 Å². The molecule has 0 amide bonds. The highest BCUT2D eigenvalue weighted by molar-refractivity contribution is 5.69. The first-order valence-electron chi connectivity index (χ1n) is 13.6. The van der Waals surface area contributed by atoms with Crippen molar-refractivity contribution in [3.63, 3.8) is 0 Å². The lowest BCUT2D eigenvalue weighted by atomic mass is 9.47. The van der Waals surface area contributed by atoms with Crippen LogP contribution in [0.2, 0.25) is 0 Å². The van der Waals surface area contributed by atoms with Crippen LogP contribution in [0.15, 0.2) is 12.1 Å². The molecule has 31 heavy (non-hydrogen) atoms. The minimum Gasteiger partial charge on any atom is -0.489 e. The number of hydrogen-bond donors (Lipinski definition) is 0. The number of benzene rings is 1. The fraction of sp³-hybridized carbons (Fsp3) is 0.793. The Labute approximate surface area is 187 Å². The van der Waals surface area contributed by atoms with Crippen molar-refractivity contribution in [2.45, 2.75) is 89.4 Å². The lowest BCUT2D eigenvalue weighted by Crippen LogP contribution is -2.50. The Bertz CT molecular complexity index is 858. The normalized spacial score (nSPS) is 48.4. The Morgan fingerprint density at radius 2 is 1.29 bits per heavy atom. The first-order valence-corrected chi connectivity index (χ1v) is 13.6. The van der Waals surface area contributed by atoms with Crippen molar-refractivity contribution >= 4 is 0 Å². The largest absolute Gasteiger partial charge is 0.489 e. The Morgan fingerprint density at radius 1 is 0.774 bits per heavy atom. The topological polar surface area (TPSA) is 21.8 Å². The second-order valence-corrected chi connectivity index (χ2v) is 13.6. The van der Waals surface area contributed by atoms with Crippen LogP contribution in [-0.4, -0.2) is 6.61 Å². The van der Waals surface area contributed by atoms with Crippen LogP contribution in [0, 0.1) is 46.8 Å². The zero-order chi connectivity index (χ0) is 20.4. The van der Waals surface area contributed by atoms with E-state index in [-0.39, 0.29) is 0 Å². The highest BCUT2D eigenvalue weighted by atomic mass is 16.6. The number of ether oxygens (including phenoxy) is 2. The average Bonchev–Trinajstić information content (AvgIpc) is 3.50. The van der Waals surface area contributed by atoms with Gasteiger partial charge >= 0.3 is 0 Å². The SMILES string of the molecule is CC(COc1ccc(C23CC4CC(CC(C4)C2)C3)c2c1O2)C12CC3CC(CC(C3)C1)C2. The molecule has 0 N–H and O–H groups in total. The van der Waals surface area contributed by atoms with E-state index >= 15 is 0 Å². The van der Waals surface area contributed by atoms with Crippen molar-refractivity contribution < 1.29 is 9.47 Å². The Morgan fingerprint density at radius 3 is 1.84 bits per heavy atom. The van der Waals surface area contributed by atoms with Crippen LogP contribution >= 0.6 is 0 Å². The molecule has 1 aromatic carbocycles. The average molecular weight is 419 g/mol. The van der Waals surface area contributed by atoms with Crippen molar-refractivity contribution in [1.82, 2.24) is 0 Å². The molecule has 2 nitrogen and oxygen atoms in total. The van der Waals surface area contributed by atoms with Gasteiger partial charge < -0.3 is 9.47 Å². The van der Waals surface area contributed by atoms with Gasteiger partial charge in [-0.2, -0.15) is 0 Å². The molecule has 0 aromatic heterocycles. The molecule has 0 radical (unpaired) electrons. The van der Waals surface area contributed by atoms with Gasteiger partial charge in [0.2, 0.25) is 5.75 Å². The van der Waals surface area contributed by atoms with Gasteiger partial charge in [-0.25, -0.2) is 0 Å². The van der Waals surface area contributed by atoms with Crippen LogP contribution in [0.25, 0.3) is 0 Å². The highest BCUT2D eigenvalue weighted by Crippen LogP contribution is 2.67. The van der Waals surface area contributed by atoms with E-state index in [1.54, 1.807) is 5.56 Å². The zero-order valence-corrected chi connectivity index (χ0v) is 19.2. The summed E-state index contributed by atoms with van der Waals surface area (Å²) in [5.74, 6) is 10.0. The summed E-state index contributed by atoms with van der Waals surface area (Å²) in [4.78, 5) is 0. The molecule has 166 valence electrons. The maximum atomic E-state index is 6.49. The van der Waals surface area contributed by atoms with E-state index in [4.69, 9.17) is 9.47 Å². The Balaban J connectivity index is 1.00. The molecule has 1 heterocycles. The van der Waals surface area contributed by atoms with Gasteiger partial charge in [-0.3, -0.25) is 0 Å². The molecule has 1 aliphatic heterocycles. The molecule has 10 rings (SSSR count). The van der Waals surface area contributed by atoms with Crippen molar-refractivity contribution in [2.75, 3.05) is 6.61 Å². The fourth-order valence-corrected chi connectivity index (χ4v) is 10.9. The second kappa shape index (κ2) is 6.03. The van der Waals surface area contributed by atoms with Crippen LogP contribution in [0.5, 0.6) is 17.2 Å². The van der Waals surface area contributed by atoms with E-state index in [9.17, 15) is 0 Å². The van der Waals surface area contributed by atoms with E-state index in [0.717, 1.165) is 53.6 Å². The quantitative estimate of drug-likeness (QED) is 0.469. The monoisotopic (exact) mass is 418 g/mol. The molecule has 8 bridgehead atoms. The molecule has 8 saturated carbocycles. The highest BCUT2D eigenvalue weighted by Gasteiger charge is 2.55. The maximum Gasteiger partial charge on any atom is 0.212 e. The molecule has 2 heteroatoms. The fourth-order valence-electron chi connectivity index (χ4n) is 10.9. The van der Waals surface area contributed by atoms with E-state index in [2.05, 4.69) is 19.1 Å². The lowest BCUT2D eigenvalue weighted by molar-refractivity contribution is -0.0909. The van der Waals surface area contributed by atoms with Crippen LogP contribution in [0.4, 0.5) is 0 Å². The van der Waals surface area contributed by atoms with Crippen LogP contribution < -0.4 is 9.47 Å². The number of fused-ring (bicyclic) bond motifs is 1. The molecule has 1 atom stereocenters. The number of hydrogen-bond acceptors (Lipinski definition) is 2. The summed E-state index contributed by atoms with van der Waals surface area (Å²) in [6.07, 6.45) is 17.8. The van der Waals surface area contributed by atoms with Gasteiger partial charge in [0.15, 0.2) is 11.5 Å².